The number of carbonyl (C=O) groups excluding carboxylic acids is 2. The van der Waals surface area contributed by atoms with Gasteiger partial charge in [0.25, 0.3) is 0 Å². The van der Waals surface area contributed by atoms with Gasteiger partial charge >= 0.3 is 6.36 Å². The van der Waals surface area contributed by atoms with Gasteiger partial charge in [-0.05, 0) is 63.4 Å². The molecule has 8 heteroatoms. The number of alkyl halides is 3. The number of nitrogens with one attached hydrogen (secondary N) is 1. The third-order valence-corrected chi connectivity index (χ3v) is 4.94. The molecule has 1 saturated heterocycles. The molecule has 167 valence electrons. The highest BCUT2D eigenvalue weighted by atomic mass is 19.4. The number of amides is 1. The lowest BCUT2D eigenvalue weighted by atomic mass is 10.0. The number of carbonyl (C=O) groups is 2. The molecule has 5 nitrogen and oxygen atoms in total. The number of hydrogen-bond acceptors (Lipinski definition) is 4. The van der Waals surface area contributed by atoms with E-state index in [1.54, 1.807) is 19.1 Å². The van der Waals surface area contributed by atoms with Crippen LogP contribution in [0.4, 0.5) is 13.2 Å². The van der Waals surface area contributed by atoms with Crippen molar-refractivity contribution in [3.63, 3.8) is 0 Å². The van der Waals surface area contributed by atoms with E-state index in [9.17, 15) is 22.8 Å². The van der Waals surface area contributed by atoms with Crippen LogP contribution in [0.25, 0.3) is 0 Å². The Morgan fingerprint density at radius 3 is 2.33 bits per heavy atom. The molecule has 1 radical (unpaired) electrons. The normalized spacial score (nSPS) is 15.7. The lowest BCUT2D eigenvalue weighted by Gasteiger charge is -2.24. The van der Waals surface area contributed by atoms with Crippen molar-refractivity contribution in [1.82, 2.24) is 10.2 Å². The SMILES string of the molecule is CC(=O)CCCCCC(=O)N[C@@H]([CH]c1ccc(OC(F)(F)F)cc1)CN1CCCC1. The fraction of sp³-hybridized carbons (Fsp3) is 0.591. The number of ether oxygens (including phenoxy) is 1. The summed E-state index contributed by atoms with van der Waals surface area (Å²) in [4.78, 5) is 25.6. The quantitative estimate of drug-likeness (QED) is 0.507. The van der Waals surface area contributed by atoms with Gasteiger partial charge in [-0.1, -0.05) is 18.6 Å². The van der Waals surface area contributed by atoms with Gasteiger partial charge in [0.1, 0.15) is 11.5 Å². The molecule has 0 bridgehead atoms. The molecule has 30 heavy (non-hydrogen) atoms. The monoisotopic (exact) mass is 427 g/mol. The van der Waals surface area contributed by atoms with Gasteiger partial charge < -0.3 is 19.7 Å². The fourth-order valence-electron chi connectivity index (χ4n) is 3.51. The Morgan fingerprint density at radius 1 is 1.10 bits per heavy atom. The van der Waals surface area contributed by atoms with Crippen molar-refractivity contribution < 1.29 is 27.5 Å². The van der Waals surface area contributed by atoms with Crippen molar-refractivity contribution >= 4 is 11.7 Å². The maximum Gasteiger partial charge on any atom is 0.573 e. The van der Waals surface area contributed by atoms with Gasteiger partial charge in [0.2, 0.25) is 5.91 Å². The minimum Gasteiger partial charge on any atom is -0.406 e. The zero-order chi connectivity index (χ0) is 22.0. The zero-order valence-corrected chi connectivity index (χ0v) is 17.3. The molecule has 0 aromatic heterocycles. The molecule has 1 amide bonds. The fourth-order valence-corrected chi connectivity index (χ4v) is 3.51. The second kappa shape index (κ2) is 11.9. The summed E-state index contributed by atoms with van der Waals surface area (Å²) in [6.07, 6.45) is 2.67. The average molecular weight is 427 g/mol. The third kappa shape index (κ3) is 10.1. The Bertz CT molecular complexity index is 671. The summed E-state index contributed by atoms with van der Waals surface area (Å²) in [7, 11) is 0. The van der Waals surface area contributed by atoms with Gasteiger partial charge in [0.05, 0.1) is 0 Å². The number of hydrogen-bond donors (Lipinski definition) is 1. The van der Waals surface area contributed by atoms with Gasteiger partial charge in [-0.25, -0.2) is 0 Å². The molecule has 0 saturated carbocycles. The van der Waals surface area contributed by atoms with Crippen LogP contribution in [-0.2, 0) is 9.59 Å². The summed E-state index contributed by atoms with van der Waals surface area (Å²) in [5.41, 5.74) is 0.718. The first-order valence-corrected chi connectivity index (χ1v) is 10.4. The van der Waals surface area contributed by atoms with Crippen molar-refractivity contribution in [3.8, 4) is 5.75 Å². The largest absolute Gasteiger partial charge is 0.573 e. The number of nitrogens with zero attached hydrogens (tertiary/aromatic N) is 1. The second-order valence-electron chi connectivity index (χ2n) is 7.73. The highest BCUT2D eigenvalue weighted by Gasteiger charge is 2.31. The highest BCUT2D eigenvalue weighted by Crippen LogP contribution is 2.23. The molecule has 2 rings (SSSR count). The Labute approximate surface area is 176 Å². The highest BCUT2D eigenvalue weighted by molar-refractivity contribution is 5.76. The molecule has 1 aromatic rings. The number of unbranched alkanes of at least 4 members (excludes halogenated alkanes) is 2. The summed E-state index contributed by atoms with van der Waals surface area (Å²) < 4.78 is 40.8. The van der Waals surface area contributed by atoms with Crippen LogP contribution in [-0.4, -0.2) is 48.6 Å². The first-order chi connectivity index (χ1) is 14.2. The topological polar surface area (TPSA) is 58.6 Å². The summed E-state index contributed by atoms with van der Waals surface area (Å²) >= 11 is 0. The maximum absolute atomic E-state index is 12.4. The predicted octanol–water partition coefficient (Wildman–Crippen LogP) is 4.26. The Balaban J connectivity index is 1.87. The van der Waals surface area contributed by atoms with Crippen molar-refractivity contribution in [2.75, 3.05) is 19.6 Å². The van der Waals surface area contributed by atoms with Crippen LogP contribution in [0.2, 0.25) is 0 Å². The molecule has 1 heterocycles. The third-order valence-electron chi connectivity index (χ3n) is 4.94. The number of benzene rings is 1. The van der Waals surface area contributed by atoms with Crippen LogP contribution in [0.3, 0.4) is 0 Å². The molecule has 1 fully saturated rings. The van der Waals surface area contributed by atoms with E-state index in [0.717, 1.165) is 50.8 Å². The Kier molecular flexibility index (Phi) is 9.62. The molecule has 1 aliphatic heterocycles. The summed E-state index contributed by atoms with van der Waals surface area (Å²) in [6, 6.07) is 5.39. The van der Waals surface area contributed by atoms with Crippen LogP contribution in [0.5, 0.6) is 5.75 Å². The molecule has 0 aliphatic carbocycles. The van der Waals surface area contributed by atoms with Crippen molar-refractivity contribution in [2.24, 2.45) is 0 Å². The number of rotatable bonds is 12. The molecule has 0 spiro atoms. The van der Waals surface area contributed by atoms with E-state index >= 15 is 0 Å². The lowest BCUT2D eigenvalue weighted by molar-refractivity contribution is -0.274. The smallest absolute Gasteiger partial charge is 0.406 e. The Hall–Kier alpha value is -2.09. The molecule has 1 atom stereocenters. The maximum atomic E-state index is 12.4. The number of ketones is 1. The van der Waals surface area contributed by atoms with Crippen molar-refractivity contribution in [2.45, 2.75) is 64.3 Å². The van der Waals surface area contributed by atoms with Crippen LogP contribution in [0.1, 0.15) is 57.4 Å². The van der Waals surface area contributed by atoms with E-state index < -0.39 is 6.36 Å². The van der Waals surface area contributed by atoms with Gasteiger partial charge in [0, 0.05) is 31.8 Å². The van der Waals surface area contributed by atoms with E-state index in [0.29, 0.717) is 19.4 Å². The van der Waals surface area contributed by atoms with Crippen LogP contribution >= 0.6 is 0 Å². The molecule has 0 unspecified atom stereocenters. The molecular weight excluding hydrogens is 397 g/mol. The van der Waals surface area contributed by atoms with Gasteiger partial charge in [-0.15, -0.1) is 13.2 Å². The Morgan fingerprint density at radius 2 is 1.73 bits per heavy atom. The number of halogens is 3. The van der Waals surface area contributed by atoms with Crippen molar-refractivity contribution in [1.29, 1.82) is 0 Å². The van der Waals surface area contributed by atoms with Crippen LogP contribution < -0.4 is 10.1 Å². The molecule has 1 aliphatic rings. The second-order valence-corrected chi connectivity index (χ2v) is 7.73. The molecule has 1 aromatic carbocycles. The van der Waals surface area contributed by atoms with Gasteiger partial charge in [-0.2, -0.15) is 0 Å². The van der Waals surface area contributed by atoms with E-state index in [1.165, 1.54) is 12.1 Å². The van der Waals surface area contributed by atoms with Crippen molar-refractivity contribution in [3.05, 3.63) is 36.2 Å². The van der Waals surface area contributed by atoms with E-state index in [2.05, 4.69) is 15.0 Å². The summed E-state index contributed by atoms with van der Waals surface area (Å²) in [5.74, 6) is -0.174. The first-order valence-electron chi connectivity index (χ1n) is 10.4. The van der Waals surface area contributed by atoms with Crippen LogP contribution in [0, 0.1) is 6.42 Å². The van der Waals surface area contributed by atoms with Gasteiger partial charge in [0.15, 0.2) is 0 Å². The van der Waals surface area contributed by atoms with Gasteiger partial charge in [-0.3, -0.25) is 4.79 Å². The molecular formula is C22H30F3N2O3. The molecule has 1 N–H and O–H groups in total. The average Bonchev–Trinajstić information content (AvgIpc) is 3.14. The van der Waals surface area contributed by atoms with Crippen LogP contribution in [0.15, 0.2) is 24.3 Å². The van der Waals surface area contributed by atoms with E-state index in [4.69, 9.17) is 0 Å². The minimum absolute atomic E-state index is 0.0599. The number of likely N-dealkylation sites (tertiary alicyclic amines) is 1. The predicted molar refractivity (Wildman–Crippen MR) is 108 cm³/mol. The zero-order valence-electron chi connectivity index (χ0n) is 17.3. The number of Topliss-reactive ketones (excluding diaryl/α,β-unsaturated/α-hetero) is 1. The van der Waals surface area contributed by atoms with E-state index in [1.807, 2.05) is 6.42 Å². The lowest BCUT2D eigenvalue weighted by Crippen LogP contribution is -2.43. The first kappa shape index (κ1) is 24.2. The van der Waals surface area contributed by atoms with E-state index in [-0.39, 0.29) is 23.5 Å². The summed E-state index contributed by atoms with van der Waals surface area (Å²) in [5, 5.41) is 3.03. The summed E-state index contributed by atoms with van der Waals surface area (Å²) in [6.45, 7) is 4.18. The minimum atomic E-state index is -4.72. The standard InChI is InChI=1S/C22H30F3N2O3/c1-17(28)7-3-2-4-8-21(29)26-19(16-27-13-5-6-14-27)15-18-9-11-20(12-10-18)30-22(23,24)25/h9-12,15,19H,2-8,13-14,16H2,1H3,(H,26,29)/t19-/m0/s1.